The molecular weight excluding hydrogens is 334 g/mol. The zero-order chi connectivity index (χ0) is 18.1. The smallest absolute Gasteiger partial charge is 0.146 e. The standard InChI is InChI=1S/C16H20F2N4OS/c1-9(22-24(23)16(2,3)4)13-8-14(19)20-21-15(13)10-5-11(17)7-12(18)6-10/h5-9,22H,1-4H3,(H2,19,20)/t9?,24-/m1/s1. The summed E-state index contributed by atoms with van der Waals surface area (Å²) in [5.74, 6) is -1.26. The van der Waals surface area contributed by atoms with Crippen molar-refractivity contribution in [3.63, 3.8) is 0 Å². The Labute approximate surface area is 143 Å². The molecule has 2 rings (SSSR count). The van der Waals surface area contributed by atoms with E-state index in [0.717, 1.165) is 6.07 Å². The molecule has 0 amide bonds. The van der Waals surface area contributed by atoms with E-state index in [1.54, 1.807) is 13.0 Å². The highest BCUT2D eigenvalue weighted by atomic mass is 32.2. The summed E-state index contributed by atoms with van der Waals surface area (Å²) in [6.45, 7) is 7.29. The lowest BCUT2D eigenvalue weighted by molar-refractivity contribution is 0.531. The van der Waals surface area contributed by atoms with Gasteiger partial charge in [0.25, 0.3) is 0 Å². The summed E-state index contributed by atoms with van der Waals surface area (Å²) >= 11 is -1.34. The highest BCUT2D eigenvalue weighted by Gasteiger charge is 2.29. The number of nitrogens with two attached hydrogens (primary N) is 1. The van der Waals surface area contributed by atoms with Crippen LogP contribution < -0.4 is 10.5 Å². The molecule has 0 aliphatic rings. The molecule has 0 aliphatic carbocycles. The average Bonchev–Trinajstić information content (AvgIpc) is 2.44. The third kappa shape index (κ3) is 4.40. The zero-order valence-corrected chi connectivity index (χ0v) is 14.7. The van der Waals surface area contributed by atoms with Crippen LogP contribution in [0.3, 0.4) is 0 Å². The summed E-state index contributed by atoms with van der Waals surface area (Å²) < 4.78 is 41.8. The van der Waals surface area contributed by atoms with Gasteiger partial charge >= 0.3 is 0 Å². The van der Waals surface area contributed by atoms with Crippen LogP contribution in [-0.2, 0) is 11.4 Å². The van der Waals surface area contributed by atoms with Crippen LogP contribution in [0.25, 0.3) is 11.3 Å². The Hall–Kier alpha value is -1.77. The maximum atomic E-state index is 13.5. The van der Waals surface area contributed by atoms with Crippen molar-refractivity contribution in [1.82, 2.24) is 14.9 Å². The van der Waals surface area contributed by atoms with Gasteiger partial charge in [-0.3, -0.25) is 0 Å². The second kappa shape index (κ2) is 7.00. The number of aromatic nitrogens is 2. The molecule has 1 aromatic heterocycles. The van der Waals surface area contributed by atoms with Crippen LogP contribution in [0, 0.1) is 11.6 Å². The number of hydrogen-bond donors (Lipinski definition) is 2. The molecule has 1 heterocycles. The number of halogens is 2. The number of nitrogens with one attached hydrogen (secondary N) is 1. The molecule has 2 atom stereocenters. The Bertz CT molecular complexity index is 716. The van der Waals surface area contributed by atoms with Gasteiger partial charge in [0.2, 0.25) is 0 Å². The van der Waals surface area contributed by atoms with E-state index in [-0.39, 0.29) is 17.1 Å². The first-order chi connectivity index (χ1) is 11.1. The van der Waals surface area contributed by atoms with E-state index >= 15 is 0 Å². The van der Waals surface area contributed by atoms with E-state index in [9.17, 15) is 13.3 Å². The molecule has 130 valence electrons. The van der Waals surface area contributed by atoms with Crippen LogP contribution >= 0.6 is 0 Å². The first kappa shape index (κ1) is 18.6. The van der Waals surface area contributed by atoms with Crippen molar-refractivity contribution in [2.45, 2.75) is 38.5 Å². The Morgan fingerprint density at radius 1 is 1.12 bits per heavy atom. The van der Waals surface area contributed by atoms with Gasteiger partial charge < -0.3 is 10.3 Å². The number of benzene rings is 1. The zero-order valence-electron chi connectivity index (χ0n) is 13.9. The van der Waals surface area contributed by atoms with Crippen LogP contribution in [0.5, 0.6) is 0 Å². The minimum atomic E-state index is -1.34. The van der Waals surface area contributed by atoms with E-state index in [0.29, 0.717) is 5.56 Å². The molecule has 0 saturated heterocycles. The van der Waals surface area contributed by atoms with E-state index in [2.05, 4.69) is 14.9 Å². The number of nitrogen functional groups attached to an aromatic ring is 1. The molecule has 2 aromatic rings. The lowest BCUT2D eigenvalue weighted by Gasteiger charge is -2.27. The van der Waals surface area contributed by atoms with Crippen LogP contribution in [0.15, 0.2) is 24.3 Å². The van der Waals surface area contributed by atoms with Gasteiger partial charge in [-0.05, 0) is 45.9 Å². The Morgan fingerprint density at radius 3 is 2.25 bits per heavy atom. The summed E-state index contributed by atoms with van der Waals surface area (Å²) in [5.41, 5.74) is 6.78. The SMILES string of the molecule is CC(N[S@+]([O-])C(C)(C)C)c1cc(N)nnc1-c1cc(F)cc(F)c1. The fraction of sp³-hybridized carbons (Fsp3) is 0.375. The van der Waals surface area contributed by atoms with Crippen LogP contribution in [0.4, 0.5) is 14.6 Å². The predicted molar refractivity (Wildman–Crippen MR) is 91.2 cm³/mol. The Balaban J connectivity index is 2.44. The van der Waals surface area contributed by atoms with Crippen molar-refractivity contribution in [2.75, 3.05) is 5.73 Å². The fourth-order valence-electron chi connectivity index (χ4n) is 2.07. The van der Waals surface area contributed by atoms with Gasteiger partial charge in [-0.2, -0.15) is 0 Å². The van der Waals surface area contributed by atoms with E-state index in [4.69, 9.17) is 5.73 Å². The molecule has 0 aliphatic heterocycles. The third-order valence-electron chi connectivity index (χ3n) is 3.28. The summed E-state index contributed by atoms with van der Waals surface area (Å²) in [6, 6.07) is 4.26. The second-order valence-electron chi connectivity index (χ2n) is 6.45. The van der Waals surface area contributed by atoms with Crippen LogP contribution in [0.1, 0.15) is 39.3 Å². The third-order valence-corrected chi connectivity index (χ3v) is 4.96. The topological polar surface area (TPSA) is 86.9 Å². The number of hydrogen-bond acceptors (Lipinski definition) is 5. The van der Waals surface area contributed by atoms with Gasteiger partial charge in [0.05, 0.1) is 11.7 Å². The van der Waals surface area contributed by atoms with Gasteiger partial charge in [-0.25, -0.2) is 8.78 Å². The summed E-state index contributed by atoms with van der Waals surface area (Å²) in [7, 11) is 0. The quantitative estimate of drug-likeness (QED) is 0.824. The van der Waals surface area contributed by atoms with Crippen molar-refractivity contribution < 1.29 is 13.3 Å². The van der Waals surface area contributed by atoms with Crippen LogP contribution in [-0.4, -0.2) is 19.5 Å². The minimum Gasteiger partial charge on any atom is -0.598 e. The number of anilines is 1. The van der Waals surface area contributed by atoms with E-state index in [1.165, 1.54) is 12.1 Å². The van der Waals surface area contributed by atoms with Gasteiger partial charge in [0.1, 0.15) is 22.2 Å². The molecule has 0 saturated carbocycles. The van der Waals surface area contributed by atoms with Gasteiger partial charge in [-0.1, -0.05) is 0 Å². The lowest BCUT2D eigenvalue weighted by atomic mass is 10.0. The molecule has 1 aromatic carbocycles. The first-order valence-electron chi connectivity index (χ1n) is 7.35. The Morgan fingerprint density at radius 2 is 1.71 bits per heavy atom. The molecule has 3 N–H and O–H groups in total. The highest BCUT2D eigenvalue weighted by Crippen LogP contribution is 2.29. The van der Waals surface area contributed by atoms with Crippen molar-refractivity contribution in [1.29, 1.82) is 0 Å². The molecule has 0 radical (unpaired) electrons. The minimum absolute atomic E-state index is 0.167. The van der Waals surface area contributed by atoms with Crippen molar-refractivity contribution >= 4 is 17.2 Å². The molecule has 1 unspecified atom stereocenters. The second-order valence-corrected chi connectivity index (χ2v) is 8.45. The molecule has 0 bridgehead atoms. The first-order valence-corrected chi connectivity index (χ1v) is 8.50. The van der Waals surface area contributed by atoms with Gasteiger partial charge in [-0.15, -0.1) is 14.9 Å². The predicted octanol–water partition coefficient (Wildman–Crippen LogP) is 3.12. The molecule has 5 nitrogen and oxygen atoms in total. The van der Waals surface area contributed by atoms with E-state index in [1.807, 2.05) is 20.8 Å². The van der Waals surface area contributed by atoms with E-state index < -0.39 is 33.8 Å². The Kier molecular flexibility index (Phi) is 5.42. The number of rotatable bonds is 4. The average molecular weight is 354 g/mol. The van der Waals surface area contributed by atoms with Gasteiger partial charge in [0, 0.05) is 28.6 Å². The van der Waals surface area contributed by atoms with Crippen molar-refractivity contribution in [3.8, 4) is 11.3 Å². The highest BCUT2D eigenvalue weighted by molar-refractivity contribution is 7.90. The van der Waals surface area contributed by atoms with Crippen molar-refractivity contribution in [3.05, 3.63) is 41.5 Å². The normalized spacial score (nSPS) is 14.5. The largest absolute Gasteiger partial charge is 0.598 e. The van der Waals surface area contributed by atoms with Gasteiger partial charge in [0.15, 0.2) is 0 Å². The molecule has 0 fully saturated rings. The maximum Gasteiger partial charge on any atom is 0.146 e. The molecular formula is C16H20F2N4OS. The summed E-state index contributed by atoms with van der Waals surface area (Å²) in [4.78, 5) is 0. The molecule has 24 heavy (non-hydrogen) atoms. The maximum absolute atomic E-state index is 13.5. The van der Waals surface area contributed by atoms with Crippen LogP contribution in [0.2, 0.25) is 0 Å². The number of nitrogens with zero attached hydrogens (tertiary/aromatic N) is 2. The monoisotopic (exact) mass is 354 g/mol. The lowest BCUT2D eigenvalue weighted by Crippen LogP contribution is -2.40. The summed E-state index contributed by atoms with van der Waals surface area (Å²) in [6.07, 6.45) is 0. The molecule has 8 heteroatoms. The molecule has 0 spiro atoms. The summed E-state index contributed by atoms with van der Waals surface area (Å²) in [5, 5.41) is 7.74. The fourth-order valence-corrected chi connectivity index (χ4v) is 2.87. The van der Waals surface area contributed by atoms with Crippen molar-refractivity contribution in [2.24, 2.45) is 0 Å².